The van der Waals surface area contributed by atoms with Crippen molar-refractivity contribution >= 4 is 28.8 Å². The molecule has 0 unspecified atom stereocenters. The minimum absolute atomic E-state index is 0.0225. The second-order valence-corrected chi connectivity index (χ2v) is 10.2. The third-order valence-electron chi connectivity index (χ3n) is 7.49. The molecule has 2 aliphatic heterocycles. The van der Waals surface area contributed by atoms with Gasteiger partial charge in [-0.1, -0.05) is 43.3 Å². The Morgan fingerprint density at radius 1 is 1.21 bits per heavy atom. The highest BCUT2D eigenvalue weighted by Crippen LogP contribution is 2.48. The smallest absolute Gasteiger partial charge is 0.338 e. The Bertz CT molecular complexity index is 1100. The van der Waals surface area contributed by atoms with Gasteiger partial charge in [0, 0.05) is 17.3 Å². The summed E-state index contributed by atoms with van der Waals surface area (Å²) in [7, 11) is 3.01. The third kappa shape index (κ3) is 4.02. The molecule has 2 aliphatic carbocycles. The first kappa shape index (κ1) is 23.0. The summed E-state index contributed by atoms with van der Waals surface area (Å²) in [6.45, 7) is 1.98. The number of aliphatic imine (C=N–C) groups is 1. The molecule has 2 saturated carbocycles. The van der Waals surface area contributed by atoms with E-state index in [1.54, 1.807) is 7.11 Å². The van der Waals surface area contributed by atoms with Crippen molar-refractivity contribution in [3.05, 3.63) is 52.2 Å². The van der Waals surface area contributed by atoms with E-state index in [4.69, 9.17) is 14.5 Å². The summed E-state index contributed by atoms with van der Waals surface area (Å²) in [5, 5.41) is 6.04. The number of rotatable bonds is 7. The number of para-hydroxylation sites is 1. The number of hydrogen-bond acceptors (Lipinski definition) is 7. The van der Waals surface area contributed by atoms with E-state index in [2.05, 4.69) is 5.32 Å². The molecule has 0 aromatic heterocycles. The summed E-state index contributed by atoms with van der Waals surface area (Å²) in [5.41, 5.74) is 2.85. The maximum atomic E-state index is 13.1. The van der Waals surface area contributed by atoms with E-state index in [0.717, 1.165) is 28.8 Å². The number of carbonyl (C=O) groups is 2. The van der Waals surface area contributed by atoms with Crippen molar-refractivity contribution in [3.8, 4) is 5.75 Å². The number of amidine groups is 1. The van der Waals surface area contributed by atoms with Crippen LogP contribution in [0.5, 0.6) is 5.75 Å². The monoisotopic (exact) mass is 481 g/mol. The van der Waals surface area contributed by atoms with Crippen LogP contribution in [0, 0.1) is 11.8 Å². The number of thioether (sulfide) groups is 1. The normalized spacial score (nSPS) is 27.3. The summed E-state index contributed by atoms with van der Waals surface area (Å²) in [6, 6.07) is 7.48. The molecular formula is C26H31N3O4S. The quantitative estimate of drug-likeness (QED) is 0.577. The van der Waals surface area contributed by atoms with Crippen molar-refractivity contribution in [1.29, 1.82) is 0 Å². The Hall–Kier alpha value is -2.74. The molecule has 180 valence electrons. The minimum Gasteiger partial charge on any atom is -0.496 e. The number of fused-ring (bicyclic) bond motifs is 3. The third-order valence-corrected chi connectivity index (χ3v) is 8.38. The number of nitrogens with zero attached hydrogens (tertiary/aromatic N) is 2. The second-order valence-electron chi connectivity index (χ2n) is 9.37. The molecule has 7 nitrogen and oxygen atoms in total. The number of nitrogens with one attached hydrogen (secondary N) is 1. The van der Waals surface area contributed by atoms with Crippen LogP contribution in [-0.2, 0) is 14.3 Å². The number of amides is 1. The van der Waals surface area contributed by atoms with Crippen LogP contribution in [0.4, 0.5) is 0 Å². The van der Waals surface area contributed by atoms with Crippen LogP contribution in [0.15, 0.2) is 51.6 Å². The van der Waals surface area contributed by atoms with Gasteiger partial charge >= 0.3 is 5.97 Å². The Balaban J connectivity index is 1.47. The van der Waals surface area contributed by atoms with Gasteiger partial charge in [0.05, 0.1) is 38.0 Å². The van der Waals surface area contributed by atoms with E-state index < -0.39 is 12.0 Å². The van der Waals surface area contributed by atoms with Gasteiger partial charge in [-0.05, 0) is 49.0 Å². The first-order chi connectivity index (χ1) is 16.5. The number of allylic oxidation sites excluding steroid dienone is 1. The van der Waals surface area contributed by atoms with E-state index in [1.165, 1.54) is 38.1 Å². The van der Waals surface area contributed by atoms with E-state index in [9.17, 15) is 9.59 Å². The number of ether oxygens (including phenoxy) is 2. The van der Waals surface area contributed by atoms with Gasteiger partial charge in [0.15, 0.2) is 5.17 Å². The zero-order chi connectivity index (χ0) is 23.8. The van der Waals surface area contributed by atoms with Crippen LogP contribution < -0.4 is 10.1 Å². The molecule has 2 fully saturated rings. The fourth-order valence-corrected chi connectivity index (χ4v) is 6.88. The fourth-order valence-electron chi connectivity index (χ4n) is 5.94. The highest BCUT2D eigenvalue weighted by atomic mass is 32.2. The number of benzene rings is 1. The minimum atomic E-state index is -0.484. The standard InChI is InChI=1S/C26H31N3O4S/c1-4-19-23(25(31)33-3)24(18-7-5-6-8-21(18)32-2)29-17(14-34-26(29)28-19)13-22(30)27-20-12-15-9-10-16(20)11-15/h5-8,14-16,20,24H,4,9-13H2,1-3H3,(H,27,30)/t15-,16-,20+,24+/m0/s1. The van der Waals surface area contributed by atoms with Gasteiger partial charge in [-0.15, -0.1) is 0 Å². The van der Waals surface area contributed by atoms with E-state index in [1.807, 2.05) is 41.5 Å². The lowest BCUT2D eigenvalue weighted by Crippen LogP contribution is -2.41. The summed E-state index contributed by atoms with van der Waals surface area (Å²) >= 11 is 1.49. The van der Waals surface area contributed by atoms with Gasteiger partial charge in [-0.25, -0.2) is 9.79 Å². The predicted octanol–water partition coefficient (Wildman–Crippen LogP) is 4.53. The lowest BCUT2D eigenvalue weighted by molar-refractivity contribution is -0.136. The Morgan fingerprint density at radius 3 is 2.71 bits per heavy atom. The molecule has 1 aromatic rings. The maximum absolute atomic E-state index is 13.1. The number of hydrogen-bond donors (Lipinski definition) is 1. The first-order valence-corrected chi connectivity index (χ1v) is 12.9. The van der Waals surface area contributed by atoms with Gasteiger partial charge < -0.3 is 19.7 Å². The molecule has 8 heteroatoms. The largest absolute Gasteiger partial charge is 0.496 e. The van der Waals surface area contributed by atoms with Gasteiger partial charge in [0.2, 0.25) is 5.91 Å². The zero-order valence-electron chi connectivity index (χ0n) is 19.9. The van der Waals surface area contributed by atoms with Crippen LogP contribution >= 0.6 is 11.8 Å². The van der Waals surface area contributed by atoms with E-state index in [0.29, 0.717) is 29.4 Å². The fraction of sp³-hybridized carbons (Fsp3) is 0.500. The Labute approximate surface area is 204 Å². The molecule has 2 bridgehead atoms. The number of carbonyl (C=O) groups excluding carboxylic acids is 2. The average Bonchev–Trinajstić information content (AvgIpc) is 3.58. The van der Waals surface area contributed by atoms with Crippen LogP contribution in [-0.4, -0.2) is 42.2 Å². The van der Waals surface area contributed by atoms with Crippen molar-refractivity contribution in [2.45, 2.75) is 57.5 Å². The molecule has 4 aliphatic rings. The summed E-state index contributed by atoms with van der Waals surface area (Å²) < 4.78 is 10.9. The highest BCUT2D eigenvalue weighted by Gasteiger charge is 2.43. The second kappa shape index (κ2) is 9.49. The maximum Gasteiger partial charge on any atom is 0.338 e. The molecule has 1 N–H and O–H groups in total. The predicted molar refractivity (Wildman–Crippen MR) is 132 cm³/mol. The Kier molecular flexibility index (Phi) is 6.42. The lowest BCUT2D eigenvalue weighted by atomic mass is 9.92. The average molecular weight is 482 g/mol. The van der Waals surface area contributed by atoms with Gasteiger partial charge in [0.1, 0.15) is 5.75 Å². The molecule has 0 saturated heterocycles. The van der Waals surface area contributed by atoms with Gasteiger partial charge in [0.25, 0.3) is 0 Å². The van der Waals surface area contributed by atoms with Gasteiger partial charge in [-0.3, -0.25) is 4.79 Å². The van der Waals surface area contributed by atoms with Crippen molar-refractivity contribution < 1.29 is 19.1 Å². The molecule has 2 heterocycles. The summed E-state index contributed by atoms with van der Waals surface area (Å²) in [6.07, 6.45) is 5.69. The molecule has 0 spiro atoms. The van der Waals surface area contributed by atoms with Crippen LogP contribution in [0.3, 0.4) is 0 Å². The molecule has 4 atom stereocenters. The number of methoxy groups -OCH3 is 2. The Morgan fingerprint density at radius 2 is 2.03 bits per heavy atom. The first-order valence-electron chi connectivity index (χ1n) is 12.0. The van der Waals surface area contributed by atoms with Crippen LogP contribution in [0.1, 0.15) is 57.1 Å². The molecule has 0 radical (unpaired) electrons. The molecule has 1 amide bonds. The van der Waals surface area contributed by atoms with Crippen molar-refractivity contribution in [3.63, 3.8) is 0 Å². The van der Waals surface area contributed by atoms with Gasteiger partial charge in [-0.2, -0.15) is 0 Å². The molecular weight excluding hydrogens is 450 g/mol. The molecule has 5 rings (SSSR count). The van der Waals surface area contributed by atoms with Crippen molar-refractivity contribution in [2.24, 2.45) is 16.8 Å². The van der Waals surface area contributed by atoms with Crippen LogP contribution in [0.2, 0.25) is 0 Å². The number of esters is 1. The van der Waals surface area contributed by atoms with Crippen molar-refractivity contribution in [1.82, 2.24) is 10.2 Å². The topological polar surface area (TPSA) is 80.2 Å². The SMILES string of the molecule is CCC1=C(C(=O)OC)[C@@H](c2ccccc2OC)N2C(CC(=O)N[C@@H]3C[C@H]4CC[C@H]3C4)=CSC2=N1. The van der Waals surface area contributed by atoms with E-state index >= 15 is 0 Å². The zero-order valence-corrected chi connectivity index (χ0v) is 20.7. The highest BCUT2D eigenvalue weighted by molar-refractivity contribution is 8.16. The summed E-state index contributed by atoms with van der Waals surface area (Å²) in [5.74, 6) is 1.67. The summed E-state index contributed by atoms with van der Waals surface area (Å²) in [4.78, 5) is 32.9. The van der Waals surface area contributed by atoms with Crippen LogP contribution in [0.25, 0.3) is 0 Å². The molecule has 34 heavy (non-hydrogen) atoms. The van der Waals surface area contributed by atoms with E-state index in [-0.39, 0.29) is 18.4 Å². The lowest BCUT2D eigenvalue weighted by Gasteiger charge is -2.37. The molecule has 1 aromatic carbocycles. The van der Waals surface area contributed by atoms with Crippen molar-refractivity contribution in [2.75, 3.05) is 14.2 Å².